The maximum Gasteiger partial charge on any atom is 0.418 e. The van der Waals surface area contributed by atoms with Crippen molar-refractivity contribution >= 4 is 34.4 Å². The summed E-state index contributed by atoms with van der Waals surface area (Å²) in [5, 5.41) is 39.9. The van der Waals surface area contributed by atoms with Gasteiger partial charge in [0.05, 0.1) is 21.7 Å². The Bertz CT molecular complexity index is 1300. The third kappa shape index (κ3) is 4.96. The van der Waals surface area contributed by atoms with Gasteiger partial charge in [0.15, 0.2) is 11.6 Å². The number of pyridine rings is 1. The molecule has 0 atom stereocenters. The van der Waals surface area contributed by atoms with Crippen LogP contribution in [0.15, 0.2) is 52.7 Å². The summed E-state index contributed by atoms with van der Waals surface area (Å²) < 4.78 is 40.1. The number of rotatable bonds is 5. The van der Waals surface area contributed by atoms with Crippen LogP contribution in [0.3, 0.4) is 0 Å². The first kappa shape index (κ1) is 22.9. The number of phenolic OH excluding ortho intramolecular Hbond substituents is 1. The molecular formula is C20H14F3N7O3. The fourth-order valence-corrected chi connectivity index (χ4v) is 2.81. The number of non-ortho nitro benzene ring substituents is 1. The van der Waals surface area contributed by atoms with E-state index >= 15 is 0 Å². The van der Waals surface area contributed by atoms with E-state index < -0.39 is 28.0 Å². The van der Waals surface area contributed by atoms with Gasteiger partial charge < -0.3 is 16.2 Å². The molecule has 10 nitrogen and oxygen atoms in total. The summed E-state index contributed by atoms with van der Waals surface area (Å²) in [5.41, 5.74) is 3.71. The van der Waals surface area contributed by atoms with E-state index in [0.717, 1.165) is 12.1 Å². The Hall–Kier alpha value is -4.73. The number of nitro groups is 1. The fourth-order valence-electron chi connectivity index (χ4n) is 2.81. The maximum absolute atomic E-state index is 13.4. The van der Waals surface area contributed by atoms with E-state index in [-0.39, 0.29) is 34.2 Å². The Morgan fingerprint density at radius 1 is 1.21 bits per heavy atom. The number of nitrogens with two attached hydrogens (primary N) is 1. The minimum absolute atomic E-state index is 0.0194. The summed E-state index contributed by atoms with van der Waals surface area (Å²) in [4.78, 5) is 13.9. The van der Waals surface area contributed by atoms with Crippen LogP contribution in [0.4, 0.5) is 47.6 Å². The smallest absolute Gasteiger partial charge is 0.418 e. The lowest BCUT2D eigenvalue weighted by molar-refractivity contribution is -0.385. The second-order valence-corrected chi connectivity index (χ2v) is 6.63. The topological polar surface area (TPSA) is 163 Å². The predicted octanol–water partition coefficient (Wildman–Crippen LogP) is 5.64. The molecule has 0 aliphatic heterocycles. The van der Waals surface area contributed by atoms with Crippen molar-refractivity contribution in [3.05, 3.63) is 69.3 Å². The molecule has 0 unspecified atom stereocenters. The molecule has 0 fully saturated rings. The predicted molar refractivity (Wildman–Crippen MR) is 112 cm³/mol. The molecule has 0 spiro atoms. The molecule has 0 amide bonds. The van der Waals surface area contributed by atoms with Crippen molar-refractivity contribution in [2.24, 2.45) is 10.2 Å². The molecule has 0 aliphatic carbocycles. The van der Waals surface area contributed by atoms with Gasteiger partial charge in [-0.15, -0.1) is 10.2 Å². The number of benzene rings is 2. The molecule has 33 heavy (non-hydrogen) atoms. The van der Waals surface area contributed by atoms with E-state index in [1.54, 1.807) is 0 Å². The largest absolute Gasteiger partial charge is 0.508 e. The summed E-state index contributed by atoms with van der Waals surface area (Å²) in [6, 6.07) is 9.85. The lowest BCUT2D eigenvalue weighted by Gasteiger charge is -2.13. The average Bonchev–Trinajstić information content (AvgIpc) is 2.74. The highest BCUT2D eigenvalue weighted by atomic mass is 19.4. The standard InChI is InChI=1S/C20H14F3N7O3/c1-10-14(9-24)19(26-11-2-5-13(31)6-3-11)27-18(25)17(10)29-28-16-7-4-12(30(32)33)8-15(16)20(21,22)23/h2-8,31H,1H3,(H3,25,26,27)/b29-28+. The normalized spacial score (nSPS) is 11.4. The molecule has 1 aromatic heterocycles. The van der Waals surface area contributed by atoms with Crippen LogP contribution in [0.1, 0.15) is 16.7 Å². The number of hydrogen-bond donors (Lipinski definition) is 3. The number of halogens is 3. The zero-order chi connectivity index (χ0) is 24.3. The summed E-state index contributed by atoms with van der Waals surface area (Å²) in [7, 11) is 0. The molecule has 4 N–H and O–H groups in total. The van der Waals surface area contributed by atoms with Gasteiger partial charge in [0.25, 0.3) is 5.69 Å². The Morgan fingerprint density at radius 2 is 1.88 bits per heavy atom. The fraction of sp³-hybridized carbons (Fsp3) is 0.100. The van der Waals surface area contributed by atoms with E-state index in [1.165, 1.54) is 31.2 Å². The third-order valence-electron chi connectivity index (χ3n) is 4.44. The second-order valence-electron chi connectivity index (χ2n) is 6.63. The van der Waals surface area contributed by atoms with Crippen LogP contribution in [0.2, 0.25) is 0 Å². The quantitative estimate of drug-likeness (QED) is 0.193. The van der Waals surface area contributed by atoms with Gasteiger partial charge in [-0.3, -0.25) is 10.1 Å². The second kappa shape index (κ2) is 8.79. The van der Waals surface area contributed by atoms with Crippen molar-refractivity contribution in [3.8, 4) is 11.8 Å². The number of phenols is 1. The SMILES string of the molecule is Cc1c(C#N)c(Nc2ccc(O)cc2)nc(N)c1/N=N/c1ccc([N+](=O)[O-])cc1C(F)(F)F. The monoisotopic (exact) mass is 457 g/mol. The highest BCUT2D eigenvalue weighted by molar-refractivity contribution is 5.75. The van der Waals surface area contributed by atoms with Gasteiger partial charge in [0.1, 0.15) is 17.5 Å². The average molecular weight is 457 g/mol. The zero-order valence-electron chi connectivity index (χ0n) is 16.8. The van der Waals surface area contributed by atoms with Gasteiger partial charge >= 0.3 is 6.18 Å². The van der Waals surface area contributed by atoms with Gasteiger partial charge in [-0.25, -0.2) is 4.98 Å². The Labute approximate surface area is 184 Å². The minimum atomic E-state index is -4.92. The number of nitrogens with zero attached hydrogens (tertiary/aromatic N) is 5. The molecule has 13 heteroatoms. The molecular weight excluding hydrogens is 443 g/mol. The van der Waals surface area contributed by atoms with Crippen molar-refractivity contribution < 1.29 is 23.2 Å². The van der Waals surface area contributed by atoms with Crippen LogP contribution in [0.5, 0.6) is 5.75 Å². The number of anilines is 3. The van der Waals surface area contributed by atoms with Crippen molar-refractivity contribution in [1.29, 1.82) is 5.26 Å². The summed E-state index contributed by atoms with van der Waals surface area (Å²) in [5.74, 6) is -0.111. The first-order valence-electron chi connectivity index (χ1n) is 9.05. The first-order chi connectivity index (χ1) is 15.5. The molecule has 3 aromatic rings. The Balaban J connectivity index is 2.04. The molecule has 3 rings (SSSR count). The van der Waals surface area contributed by atoms with Gasteiger partial charge in [-0.2, -0.15) is 18.4 Å². The molecule has 2 aromatic carbocycles. The van der Waals surface area contributed by atoms with E-state index in [1.807, 2.05) is 6.07 Å². The Kier molecular flexibility index (Phi) is 6.11. The zero-order valence-corrected chi connectivity index (χ0v) is 16.8. The molecule has 0 aliphatic rings. The van der Waals surface area contributed by atoms with Gasteiger partial charge in [-0.1, -0.05) is 0 Å². The molecule has 0 radical (unpaired) electrons. The first-order valence-corrected chi connectivity index (χ1v) is 9.05. The van der Waals surface area contributed by atoms with Crippen molar-refractivity contribution in [3.63, 3.8) is 0 Å². The third-order valence-corrected chi connectivity index (χ3v) is 4.44. The Morgan fingerprint density at radius 3 is 2.45 bits per heavy atom. The number of nitrogens with one attached hydrogen (secondary N) is 1. The highest BCUT2D eigenvalue weighted by Crippen LogP contribution is 2.40. The number of nitriles is 1. The van der Waals surface area contributed by atoms with Gasteiger partial charge in [0, 0.05) is 23.4 Å². The number of nitro benzene ring substituents is 1. The number of hydrogen-bond acceptors (Lipinski definition) is 9. The number of aromatic hydroxyl groups is 1. The number of nitrogen functional groups attached to an aromatic ring is 1. The molecule has 0 bridgehead atoms. The van der Waals surface area contributed by atoms with Crippen molar-refractivity contribution in [1.82, 2.24) is 4.98 Å². The lowest BCUT2D eigenvalue weighted by atomic mass is 10.1. The van der Waals surface area contributed by atoms with Gasteiger partial charge in [-0.05, 0) is 37.3 Å². The summed E-state index contributed by atoms with van der Waals surface area (Å²) in [6.45, 7) is 1.47. The molecule has 1 heterocycles. The highest BCUT2D eigenvalue weighted by Gasteiger charge is 2.35. The lowest BCUT2D eigenvalue weighted by Crippen LogP contribution is -2.06. The van der Waals surface area contributed by atoms with Gasteiger partial charge in [0.2, 0.25) is 0 Å². The van der Waals surface area contributed by atoms with Crippen LogP contribution in [0.25, 0.3) is 0 Å². The minimum Gasteiger partial charge on any atom is -0.508 e. The van der Waals surface area contributed by atoms with Crippen LogP contribution in [-0.2, 0) is 6.18 Å². The number of aromatic nitrogens is 1. The van der Waals surface area contributed by atoms with Crippen LogP contribution < -0.4 is 11.1 Å². The van der Waals surface area contributed by atoms with E-state index in [9.17, 15) is 33.7 Å². The summed E-state index contributed by atoms with van der Waals surface area (Å²) >= 11 is 0. The van der Waals surface area contributed by atoms with E-state index in [2.05, 4.69) is 20.5 Å². The maximum atomic E-state index is 13.4. The van der Waals surface area contributed by atoms with E-state index in [4.69, 9.17) is 5.73 Å². The summed E-state index contributed by atoms with van der Waals surface area (Å²) in [6.07, 6.45) is -4.92. The van der Waals surface area contributed by atoms with Crippen LogP contribution >= 0.6 is 0 Å². The molecule has 0 saturated carbocycles. The van der Waals surface area contributed by atoms with Crippen molar-refractivity contribution in [2.45, 2.75) is 13.1 Å². The molecule has 168 valence electrons. The van der Waals surface area contributed by atoms with Crippen LogP contribution in [0, 0.1) is 28.4 Å². The van der Waals surface area contributed by atoms with Crippen LogP contribution in [-0.4, -0.2) is 15.0 Å². The number of azo groups is 1. The number of alkyl halides is 3. The molecule has 0 saturated heterocycles. The van der Waals surface area contributed by atoms with E-state index in [0.29, 0.717) is 11.8 Å². The van der Waals surface area contributed by atoms with Crippen molar-refractivity contribution in [2.75, 3.05) is 11.1 Å².